The molecule has 0 amide bonds. The van der Waals surface area contributed by atoms with Gasteiger partial charge in [0.25, 0.3) is 0 Å². The second-order valence-corrected chi connectivity index (χ2v) is 6.14. The van der Waals surface area contributed by atoms with Gasteiger partial charge in [0.15, 0.2) is 0 Å². The predicted octanol–water partition coefficient (Wildman–Crippen LogP) is 7.17. The Hall–Kier alpha value is -3.51. The van der Waals surface area contributed by atoms with Gasteiger partial charge in [-0.05, 0) is 41.8 Å². The first-order valence-electron chi connectivity index (χ1n) is 9.89. The van der Waals surface area contributed by atoms with E-state index in [9.17, 15) is 0 Å². The Balaban J connectivity index is 0.000000707. The zero-order chi connectivity index (χ0) is 21.2. The summed E-state index contributed by atoms with van der Waals surface area (Å²) in [5.74, 6) is 0.895. The van der Waals surface area contributed by atoms with E-state index in [1.54, 1.807) is 7.11 Å². The fourth-order valence-corrected chi connectivity index (χ4v) is 3.41. The molecule has 3 nitrogen and oxygen atoms in total. The van der Waals surface area contributed by atoms with Crippen LogP contribution in [0, 0.1) is 11.8 Å². The molecule has 0 aliphatic carbocycles. The summed E-state index contributed by atoms with van der Waals surface area (Å²) in [6.07, 6.45) is 0. The molecule has 1 aromatic heterocycles. The van der Waals surface area contributed by atoms with Gasteiger partial charge in [0, 0.05) is 30.3 Å². The zero-order valence-electron chi connectivity index (χ0n) is 17.6. The second-order valence-electron chi connectivity index (χ2n) is 6.14. The molecule has 3 heteroatoms. The predicted molar refractivity (Wildman–Crippen MR) is 123 cm³/mol. The highest BCUT2D eigenvalue weighted by Gasteiger charge is 2.10. The number of fused-ring (bicyclic) bond motifs is 1. The number of aromatic nitrogens is 1. The normalized spacial score (nSPS) is 9.72. The lowest BCUT2D eigenvalue weighted by atomic mass is 10.0. The summed E-state index contributed by atoms with van der Waals surface area (Å²) in [6, 6.07) is 27.8. The van der Waals surface area contributed by atoms with Crippen LogP contribution in [0.3, 0.4) is 0 Å². The minimum atomic E-state index is 0.895. The number of nitrogens with zero attached hydrogens (tertiary/aromatic N) is 2. The van der Waals surface area contributed by atoms with Gasteiger partial charge in [-0.3, -0.25) is 0 Å². The molecule has 4 aromatic rings. The van der Waals surface area contributed by atoms with Crippen LogP contribution in [0.1, 0.15) is 20.8 Å². The van der Waals surface area contributed by atoms with Crippen molar-refractivity contribution in [2.24, 2.45) is 0 Å². The summed E-state index contributed by atoms with van der Waals surface area (Å²) in [6.45, 7) is 10.6. The average molecular weight is 385 g/mol. The number of nitriles is 1. The molecule has 0 radical (unpaired) electrons. The maximum atomic E-state index is 6.50. The Morgan fingerprint density at radius 3 is 1.97 bits per heavy atom. The summed E-state index contributed by atoms with van der Waals surface area (Å²) >= 11 is 0. The van der Waals surface area contributed by atoms with Crippen molar-refractivity contribution in [1.29, 1.82) is 5.26 Å². The summed E-state index contributed by atoms with van der Waals surface area (Å²) in [5.41, 5.74) is 6.17. The Morgan fingerprint density at radius 1 is 0.793 bits per heavy atom. The molecule has 1 heterocycles. The van der Waals surface area contributed by atoms with Crippen LogP contribution in [-0.2, 0) is 6.54 Å². The van der Waals surface area contributed by atoms with Crippen molar-refractivity contribution in [2.45, 2.75) is 27.3 Å². The number of benzene rings is 3. The van der Waals surface area contributed by atoms with E-state index in [2.05, 4.69) is 84.8 Å². The van der Waals surface area contributed by atoms with Crippen LogP contribution in [0.4, 0.5) is 0 Å². The highest BCUT2D eigenvalue weighted by Crippen LogP contribution is 2.31. The zero-order valence-corrected chi connectivity index (χ0v) is 17.6. The van der Waals surface area contributed by atoms with Crippen molar-refractivity contribution in [3.63, 3.8) is 0 Å². The van der Waals surface area contributed by atoms with Crippen molar-refractivity contribution < 1.29 is 4.74 Å². The fraction of sp³-hybridized carbons (Fsp3) is 0.192. The van der Waals surface area contributed by atoms with E-state index in [-0.39, 0.29) is 0 Å². The van der Waals surface area contributed by atoms with Gasteiger partial charge in [-0.15, -0.1) is 0 Å². The van der Waals surface area contributed by atoms with Gasteiger partial charge in [-0.25, -0.2) is 5.26 Å². The van der Waals surface area contributed by atoms with Crippen LogP contribution < -0.4 is 4.74 Å². The quantitative estimate of drug-likeness (QED) is 0.374. The summed E-state index contributed by atoms with van der Waals surface area (Å²) < 4.78 is 7.73. The molecule has 0 atom stereocenters. The van der Waals surface area contributed by atoms with Crippen molar-refractivity contribution in [3.05, 3.63) is 78.9 Å². The van der Waals surface area contributed by atoms with Gasteiger partial charge in [0.2, 0.25) is 0 Å². The van der Waals surface area contributed by atoms with Crippen molar-refractivity contribution in [1.82, 2.24) is 4.57 Å². The van der Waals surface area contributed by atoms with E-state index in [1.165, 1.54) is 33.3 Å². The van der Waals surface area contributed by atoms with Crippen LogP contribution in [0.15, 0.2) is 78.9 Å². The molecule has 0 fully saturated rings. The van der Waals surface area contributed by atoms with Crippen LogP contribution in [0.25, 0.3) is 33.3 Å². The SMILES string of the molecule is C#N.CC.CCn1c(-c2ccc(-c3ccccc3)cc2)cc2ccc(OC)cc21. The third-order valence-electron chi connectivity index (χ3n) is 4.72. The number of aryl methyl sites for hydroxylation is 1. The monoisotopic (exact) mass is 384 g/mol. The Bertz CT molecular complexity index is 1040. The Kier molecular flexibility index (Phi) is 8.06. The molecule has 0 saturated heterocycles. The number of hydrogen-bond donors (Lipinski definition) is 0. The standard InChI is InChI=1S/C23H21NO.C2H6.CHN/c1-3-24-22(15-20-13-14-21(25-2)16-23(20)24)19-11-9-18(10-12-19)17-7-5-4-6-8-17;2*1-2/h4-16H,3H2,1-2H3;1-2H3;1H. The molecule has 0 saturated carbocycles. The molecule has 0 unspecified atom stereocenters. The van der Waals surface area contributed by atoms with Crippen LogP contribution in [0.5, 0.6) is 5.75 Å². The van der Waals surface area contributed by atoms with Gasteiger partial charge >= 0.3 is 0 Å². The first-order chi connectivity index (χ1) is 14.3. The lowest BCUT2D eigenvalue weighted by molar-refractivity contribution is 0.415. The van der Waals surface area contributed by atoms with Gasteiger partial charge in [-0.2, -0.15) is 0 Å². The molecule has 4 rings (SSSR count). The summed E-state index contributed by atoms with van der Waals surface area (Å²) in [5, 5.41) is 7.74. The van der Waals surface area contributed by atoms with Crippen LogP contribution >= 0.6 is 0 Å². The summed E-state index contributed by atoms with van der Waals surface area (Å²) in [4.78, 5) is 0. The fourth-order valence-electron chi connectivity index (χ4n) is 3.41. The van der Waals surface area contributed by atoms with E-state index < -0.39 is 0 Å². The molecule has 0 bridgehead atoms. The second kappa shape index (κ2) is 10.7. The average Bonchev–Trinajstić information content (AvgIpc) is 3.20. The van der Waals surface area contributed by atoms with Gasteiger partial charge < -0.3 is 9.30 Å². The number of methoxy groups -OCH3 is 1. The number of ether oxygens (including phenoxy) is 1. The topological polar surface area (TPSA) is 38.0 Å². The van der Waals surface area contributed by atoms with E-state index in [1.807, 2.05) is 26.0 Å². The third-order valence-corrected chi connectivity index (χ3v) is 4.72. The molecular formula is C26H28N2O. The molecule has 0 spiro atoms. The maximum absolute atomic E-state index is 6.50. The van der Waals surface area contributed by atoms with E-state index in [4.69, 9.17) is 10.00 Å². The first-order valence-corrected chi connectivity index (χ1v) is 9.89. The van der Waals surface area contributed by atoms with E-state index in [0.717, 1.165) is 12.3 Å². The summed E-state index contributed by atoms with van der Waals surface area (Å²) in [7, 11) is 1.71. The molecule has 148 valence electrons. The van der Waals surface area contributed by atoms with Crippen LogP contribution in [-0.4, -0.2) is 11.7 Å². The lowest BCUT2D eigenvalue weighted by Crippen LogP contribution is -1.96. The Labute approximate surface area is 173 Å². The number of hydrogen-bond acceptors (Lipinski definition) is 2. The van der Waals surface area contributed by atoms with E-state index in [0.29, 0.717) is 0 Å². The van der Waals surface area contributed by atoms with Gasteiger partial charge in [-0.1, -0.05) is 68.4 Å². The molecule has 3 aromatic carbocycles. The third kappa shape index (κ3) is 4.67. The van der Waals surface area contributed by atoms with Gasteiger partial charge in [0.05, 0.1) is 12.6 Å². The molecule has 0 aliphatic heterocycles. The molecule has 0 N–H and O–H groups in total. The van der Waals surface area contributed by atoms with E-state index >= 15 is 0 Å². The Morgan fingerprint density at radius 2 is 1.38 bits per heavy atom. The largest absolute Gasteiger partial charge is 0.497 e. The number of rotatable bonds is 4. The maximum Gasteiger partial charge on any atom is 0.120 e. The smallest absolute Gasteiger partial charge is 0.120 e. The molecule has 29 heavy (non-hydrogen) atoms. The van der Waals surface area contributed by atoms with Crippen molar-refractivity contribution in [3.8, 4) is 34.7 Å². The minimum absolute atomic E-state index is 0.895. The minimum Gasteiger partial charge on any atom is -0.497 e. The highest BCUT2D eigenvalue weighted by atomic mass is 16.5. The van der Waals surface area contributed by atoms with Crippen LogP contribution in [0.2, 0.25) is 0 Å². The van der Waals surface area contributed by atoms with Crippen molar-refractivity contribution >= 4 is 10.9 Å². The highest BCUT2D eigenvalue weighted by molar-refractivity contribution is 5.88. The first kappa shape index (κ1) is 21.8. The molecule has 0 aliphatic rings. The molecular weight excluding hydrogens is 356 g/mol. The van der Waals surface area contributed by atoms with Crippen molar-refractivity contribution in [2.75, 3.05) is 7.11 Å². The lowest BCUT2D eigenvalue weighted by Gasteiger charge is -2.10. The van der Waals surface area contributed by atoms with Gasteiger partial charge in [0.1, 0.15) is 5.75 Å².